The highest BCUT2D eigenvalue weighted by Gasteiger charge is 2.33. The second-order valence-electron chi connectivity index (χ2n) is 6.56. The van der Waals surface area contributed by atoms with Crippen LogP contribution in [-0.2, 0) is 4.79 Å². The summed E-state index contributed by atoms with van der Waals surface area (Å²) >= 11 is 0. The van der Waals surface area contributed by atoms with Crippen molar-refractivity contribution in [2.24, 2.45) is 0 Å². The number of hydrogen-bond acceptors (Lipinski definition) is 5. The molecule has 5 heteroatoms. The molecule has 0 radical (unpaired) electrons. The van der Waals surface area contributed by atoms with E-state index < -0.39 is 5.92 Å². The van der Waals surface area contributed by atoms with Crippen LogP contribution in [0, 0.1) is 0 Å². The molecule has 0 spiro atoms. The minimum absolute atomic E-state index is 0.0816. The maximum atomic E-state index is 12.2. The largest absolute Gasteiger partial charge is 0.507 e. The molecule has 1 aliphatic rings. The van der Waals surface area contributed by atoms with E-state index in [-0.39, 0.29) is 29.5 Å². The Balaban J connectivity index is 2.00. The van der Waals surface area contributed by atoms with Gasteiger partial charge in [0, 0.05) is 16.9 Å². The number of carbonyl (C=O) groups is 2. The van der Waals surface area contributed by atoms with Crippen molar-refractivity contribution < 1.29 is 24.2 Å². The van der Waals surface area contributed by atoms with Gasteiger partial charge in [-0.1, -0.05) is 30.3 Å². The molecular formula is C22H18O5. The Morgan fingerprint density at radius 2 is 1.85 bits per heavy atom. The topological polar surface area (TPSA) is 72.8 Å². The third-order valence-electron chi connectivity index (χ3n) is 5.01. The first-order chi connectivity index (χ1) is 13.0. The van der Waals surface area contributed by atoms with Gasteiger partial charge in [0.05, 0.1) is 19.1 Å². The van der Waals surface area contributed by atoms with Crippen LogP contribution in [0.2, 0.25) is 0 Å². The van der Waals surface area contributed by atoms with Crippen molar-refractivity contribution in [3.63, 3.8) is 0 Å². The molecule has 27 heavy (non-hydrogen) atoms. The number of Topliss-reactive ketones (excluding diaryl/α,β-unsaturated/α-hetero) is 1. The van der Waals surface area contributed by atoms with Crippen LogP contribution in [0.15, 0.2) is 48.5 Å². The van der Waals surface area contributed by atoms with Crippen LogP contribution in [0.25, 0.3) is 10.8 Å². The molecule has 4 rings (SSSR count). The second-order valence-corrected chi connectivity index (χ2v) is 6.56. The van der Waals surface area contributed by atoms with Crippen LogP contribution in [0.3, 0.4) is 0 Å². The van der Waals surface area contributed by atoms with Gasteiger partial charge < -0.3 is 14.6 Å². The number of phenolic OH excluding ortho intramolecular Hbond substituents is 1. The number of rotatable bonds is 3. The van der Waals surface area contributed by atoms with Gasteiger partial charge in [-0.15, -0.1) is 0 Å². The summed E-state index contributed by atoms with van der Waals surface area (Å²) in [6.45, 7) is 1.40. The van der Waals surface area contributed by atoms with Crippen molar-refractivity contribution in [3.8, 4) is 17.2 Å². The van der Waals surface area contributed by atoms with Crippen LogP contribution in [0.1, 0.15) is 40.7 Å². The fourth-order valence-electron chi connectivity index (χ4n) is 3.77. The molecule has 0 aromatic heterocycles. The lowest BCUT2D eigenvalue weighted by Crippen LogP contribution is -2.22. The lowest BCUT2D eigenvalue weighted by atomic mass is 9.82. The summed E-state index contributed by atoms with van der Waals surface area (Å²) < 4.78 is 10.8. The van der Waals surface area contributed by atoms with Crippen molar-refractivity contribution in [3.05, 3.63) is 65.2 Å². The SMILES string of the molecule is COc1ccc(C2CC(=O)Oc3ccc(C(C)=O)c(O)c32)c2ccccc12. The lowest BCUT2D eigenvalue weighted by Gasteiger charge is -2.27. The monoisotopic (exact) mass is 362 g/mol. The number of carbonyl (C=O) groups excluding carboxylic acids is 2. The summed E-state index contributed by atoms with van der Waals surface area (Å²) in [4.78, 5) is 24.1. The van der Waals surface area contributed by atoms with E-state index in [1.165, 1.54) is 13.0 Å². The van der Waals surface area contributed by atoms with Crippen LogP contribution in [0.4, 0.5) is 0 Å². The Hall–Kier alpha value is -3.34. The van der Waals surface area contributed by atoms with Gasteiger partial charge in [0.15, 0.2) is 5.78 Å². The van der Waals surface area contributed by atoms with E-state index in [0.717, 1.165) is 22.1 Å². The molecule has 0 fully saturated rings. The number of esters is 1. The number of methoxy groups -OCH3 is 1. The molecule has 3 aromatic carbocycles. The van der Waals surface area contributed by atoms with Gasteiger partial charge in [0.25, 0.3) is 0 Å². The van der Waals surface area contributed by atoms with Crippen molar-refractivity contribution >= 4 is 22.5 Å². The average Bonchev–Trinajstić information content (AvgIpc) is 2.66. The van der Waals surface area contributed by atoms with E-state index in [2.05, 4.69) is 0 Å². The Morgan fingerprint density at radius 1 is 1.11 bits per heavy atom. The highest BCUT2D eigenvalue weighted by molar-refractivity contribution is 5.98. The van der Waals surface area contributed by atoms with Gasteiger partial charge >= 0.3 is 5.97 Å². The quantitative estimate of drug-likeness (QED) is 0.429. The van der Waals surface area contributed by atoms with E-state index in [1.807, 2.05) is 36.4 Å². The molecule has 0 saturated heterocycles. The third kappa shape index (κ3) is 2.72. The number of ether oxygens (including phenoxy) is 2. The zero-order chi connectivity index (χ0) is 19.1. The minimum atomic E-state index is -0.420. The zero-order valence-electron chi connectivity index (χ0n) is 15.0. The van der Waals surface area contributed by atoms with Crippen LogP contribution >= 0.6 is 0 Å². The standard InChI is InChI=1S/C22H18O5/c1-12(23)13-7-10-19-21(22(13)25)17(11-20(24)27-19)15-8-9-18(26-2)16-6-4-3-5-14(15)16/h3-10,17,25H,11H2,1-2H3. The predicted molar refractivity (Wildman–Crippen MR) is 101 cm³/mol. The maximum absolute atomic E-state index is 12.2. The number of phenols is 1. The zero-order valence-corrected chi connectivity index (χ0v) is 15.0. The number of fused-ring (bicyclic) bond motifs is 2. The Labute approximate surface area is 156 Å². The molecule has 0 aliphatic carbocycles. The van der Waals surface area contributed by atoms with Gasteiger partial charge in [-0.2, -0.15) is 0 Å². The smallest absolute Gasteiger partial charge is 0.312 e. The minimum Gasteiger partial charge on any atom is -0.507 e. The second kappa shape index (κ2) is 6.43. The molecule has 1 atom stereocenters. The molecule has 1 N–H and O–H groups in total. The fraction of sp³-hybridized carbons (Fsp3) is 0.182. The van der Waals surface area contributed by atoms with Crippen LogP contribution in [0.5, 0.6) is 17.2 Å². The molecule has 3 aromatic rings. The summed E-state index contributed by atoms with van der Waals surface area (Å²) in [6, 6.07) is 14.5. The Morgan fingerprint density at radius 3 is 2.56 bits per heavy atom. The van der Waals surface area contributed by atoms with E-state index >= 15 is 0 Å². The molecule has 1 aliphatic heterocycles. The van der Waals surface area contributed by atoms with E-state index in [4.69, 9.17) is 9.47 Å². The maximum Gasteiger partial charge on any atom is 0.312 e. The van der Waals surface area contributed by atoms with Crippen LogP contribution in [-0.4, -0.2) is 24.0 Å². The molecule has 5 nitrogen and oxygen atoms in total. The molecular weight excluding hydrogens is 344 g/mol. The lowest BCUT2D eigenvalue weighted by molar-refractivity contribution is -0.135. The molecule has 1 unspecified atom stereocenters. The average molecular weight is 362 g/mol. The third-order valence-corrected chi connectivity index (χ3v) is 5.01. The van der Waals surface area contributed by atoms with E-state index in [9.17, 15) is 14.7 Å². The van der Waals surface area contributed by atoms with Crippen LogP contribution < -0.4 is 9.47 Å². The first kappa shape index (κ1) is 17.1. The fourth-order valence-corrected chi connectivity index (χ4v) is 3.77. The van der Waals surface area contributed by atoms with E-state index in [0.29, 0.717) is 11.3 Å². The molecule has 1 heterocycles. The van der Waals surface area contributed by atoms with Gasteiger partial charge in [0.1, 0.15) is 17.2 Å². The highest BCUT2D eigenvalue weighted by Crippen LogP contribution is 2.47. The molecule has 0 bridgehead atoms. The summed E-state index contributed by atoms with van der Waals surface area (Å²) in [7, 11) is 1.61. The first-order valence-corrected chi connectivity index (χ1v) is 8.64. The summed E-state index contributed by atoms with van der Waals surface area (Å²) in [5, 5.41) is 12.6. The summed E-state index contributed by atoms with van der Waals surface area (Å²) in [5.74, 6) is -0.144. The molecule has 0 saturated carbocycles. The molecule has 136 valence electrons. The molecule has 0 amide bonds. The number of benzene rings is 3. The van der Waals surface area contributed by atoms with E-state index in [1.54, 1.807) is 13.2 Å². The summed E-state index contributed by atoms with van der Waals surface area (Å²) in [5.41, 5.74) is 1.56. The Kier molecular flexibility index (Phi) is 4.07. The highest BCUT2D eigenvalue weighted by atomic mass is 16.5. The van der Waals surface area contributed by atoms with Crippen molar-refractivity contribution in [1.82, 2.24) is 0 Å². The van der Waals surface area contributed by atoms with Gasteiger partial charge in [0.2, 0.25) is 0 Å². The van der Waals surface area contributed by atoms with Crippen molar-refractivity contribution in [2.45, 2.75) is 19.3 Å². The first-order valence-electron chi connectivity index (χ1n) is 8.64. The van der Waals surface area contributed by atoms with Crippen molar-refractivity contribution in [1.29, 1.82) is 0 Å². The normalized spacial score (nSPS) is 15.9. The number of hydrogen-bond donors (Lipinski definition) is 1. The van der Waals surface area contributed by atoms with Gasteiger partial charge in [-0.3, -0.25) is 9.59 Å². The van der Waals surface area contributed by atoms with Gasteiger partial charge in [-0.05, 0) is 36.1 Å². The number of ketones is 1. The Bertz CT molecular complexity index is 1080. The number of aromatic hydroxyl groups is 1. The summed E-state index contributed by atoms with van der Waals surface area (Å²) in [6.07, 6.45) is 0.0816. The predicted octanol–water partition coefficient (Wildman–Crippen LogP) is 4.20. The van der Waals surface area contributed by atoms with Gasteiger partial charge in [-0.25, -0.2) is 0 Å². The van der Waals surface area contributed by atoms with Crippen molar-refractivity contribution in [2.75, 3.05) is 7.11 Å².